The van der Waals surface area contributed by atoms with Crippen molar-refractivity contribution in [3.05, 3.63) is 77.9 Å². The summed E-state index contributed by atoms with van der Waals surface area (Å²) in [6, 6.07) is 22.7. The predicted molar refractivity (Wildman–Crippen MR) is 108 cm³/mol. The molecule has 5 heteroatoms. The summed E-state index contributed by atoms with van der Waals surface area (Å²) in [4.78, 5) is 4.70. The van der Waals surface area contributed by atoms with Gasteiger partial charge in [-0.15, -0.1) is 10.2 Å². The van der Waals surface area contributed by atoms with Crippen LogP contribution in [0, 0.1) is 6.92 Å². The standard InChI is InChI=1S/C22H24N4O/c1-18-6-5-9-20(16-18)25-12-14-26(15-13-25)21-10-11-22(24-23-21)27-17-19-7-3-2-4-8-19/h2-11,16H,12-15,17H2,1H3. The Hall–Kier alpha value is -3.08. The lowest BCUT2D eigenvalue weighted by Gasteiger charge is -2.36. The second-order valence-corrected chi connectivity index (χ2v) is 6.82. The van der Waals surface area contributed by atoms with Crippen molar-refractivity contribution in [2.75, 3.05) is 36.0 Å². The summed E-state index contributed by atoms with van der Waals surface area (Å²) >= 11 is 0. The summed E-state index contributed by atoms with van der Waals surface area (Å²) in [5.74, 6) is 1.46. The van der Waals surface area contributed by atoms with Crippen molar-refractivity contribution in [2.45, 2.75) is 13.5 Å². The highest BCUT2D eigenvalue weighted by Crippen LogP contribution is 2.21. The Bertz CT molecular complexity index is 859. The molecule has 1 aromatic heterocycles. The number of ether oxygens (including phenoxy) is 1. The Balaban J connectivity index is 1.32. The summed E-state index contributed by atoms with van der Waals surface area (Å²) < 4.78 is 5.72. The first-order chi connectivity index (χ1) is 13.3. The average molecular weight is 360 g/mol. The molecule has 0 N–H and O–H groups in total. The first-order valence-corrected chi connectivity index (χ1v) is 9.35. The van der Waals surface area contributed by atoms with E-state index in [-0.39, 0.29) is 0 Å². The largest absolute Gasteiger partial charge is 0.472 e. The molecule has 0 radical (unpaired) electrons. The fraction of sp³-hybridized carbons (Fsp3) is 0.273. The number of benzene rings is 2. The summed E-state index contributed by atoms with van der Waals surface area (Å²) in [6.07, 6.45) is 0. The van der Waals surface area contributed by atoms with Crippen LogP contribution in [-0.2, 0) is 6.61 Å². The number of nitrogens with zero attached hydrogens (tertiary/aromatic N) is 4. The zero-order valence-corrected chi connectivity index (χ0v) is 15.6. The van der Waals surface area contributed by atoms with E-state index in [2.05, 4.69) is 51.2 Å². The maximum absolute atomic E-state index is 5.72. The van der Waals surface area contributed by atoms with E-state index in [0.29, 0.717) is 12.5 Å². The smallest absolute Gasteiger partial charge is 0.233 e. The third-order valence-corrected chi connectivity index (χ3v) is 4.83. The zero-order valence-electron chi connectivity index (χ0n) is 15.6. The molecule has 1 fully saturated rings. The molecule has 0 amide bonds. The van der Waals surface area contributed by atoms with Gasteiger partial charge >= 0.3 is 0 Å². The molecule has 0 bridgehead atoms. The molecule has 138 valence electrons. The number of aryl methyl sites for hydroxylation is 1. The number of hydrogen-bond donors (Lipinski definition) is 0. The van der Waals surface area contributed by atoms with Gasteiger partial charge in [0.15, 0.2) is 5.82 Å². The molecule has 0 aliphatic carbocycles. The molecule has 1 aliphatic rings. The Morgan fingerprint density at radius 1 is 0.815 bits per heavy atom. The number of rotatable bonds is 5. The topological polar surface area (TPSA) is 41.5 Å². The average Bonchev–Trinajstić information content (AvgIpc) is 2.74. The van der Waals surface area contributed by atoms with Crippen LogP contribution in [0.5, 0.6) is 5.88 Å². The molecule has 3 aromatic rings. The summed E-state index contributed by atoms with van der Waals surface area (Å²) in [7, 11) is 0. The van der Waals surface area contributed by atoms with Crippen molar-refractivity contribution in [3.8, 4) is 5.88 Å². The molecule has 1 saturated heterocycles. The molecule has 5 nitrogen and oxygen atoms in total. The Morgan fingerprint density at radius 2 is 1.59 bits per heavy atom. The molecule has 0 saturated carbocycles. The molecule has 2 heterocycles. The van der Waals surface area contributed by atoms with Crippen LogP contribution in [0.1, 0.15) is 11.1 Å². The highest BCUT2D eigenvalue weighted by Gasteiger charge is 2.18. The minimum atomic E-state index is 0.504. The fourth-order valence-electron chi connectivity index (χ4n) is 3.31. The van der Waals surface area contributed by atoms with Crippen LogP contribution < -0.4 is 14.5 Å². The molecule has 4 rings (SSSR count). The first-order valence-electron chi connectivity index (χ1n) is 9.35. The van der Waals surface area contributed by atoms with E-state index in [1.165, 1.54) is 11.3 Å². The van der Waals surface area contributed by atoms with Gasteiger partial charge in [0.1, 0.15) is 6.61 Å². The van der Waals surface area contributed by atoms with E-state index in [9.17, 15) is 0 Å². The normalized spacial score (nSPS) is 14.3. The third kappa shape index (κ3) is 4.37. The Kier molecular flexibility index (Phi) is 5.19. The number of hydrogen-bond acceptors (Lipinski definition) is 5. The molecule has 27 heavy (non-hydrogen) atoms. The molecule has 0 unspecified atom stereocenters. The maximum atomic E-state index is 5.72. The van der Waals surface area contributed by atoms with Gasteiger partial charge in [-0.05, 0) is 36.2 Å². The van der Waals surface area contributed by atoms with Crippen molar-refractivity contribution in [3.63, 3.8) is 0 Å². The van der Waals surface area contributed by atoms with Crippen molar-refractivity contribution in [1.82, 2.24) is 10.2 Å². The highest BCUT2D eigenvalue weighted by molar-refractivity contribution is 5.50. The third-order valence-electron chi connectivity index (χ3n) is 4.83. The van der Waals surface area contributed by atoms with Crippen molar-refractivity contribution >= 4 is 11.5 Å². The van der Waals surface area contributed by atoms with E-state index >= 15 is 0 Å². The number of piperazine rings is 1. The fourth-order valence-corrected chi connectivity index (χ4v) is 3.31. The van der Waals surface area contributed by atoms with Gasteiger partial charge in [0.2, 0.25) is 5.88 Å². The summed E-state index contributed by atoms with van der Waals surface area (Å²) in [6.45, 7) is 6.48. The van der Waals surface area contributed by atoms with Crippen molar-refractivity contribution < 1.29 is 4.74 Å². The number of aromatic nitrogens is 2. The molecular weight excluding hydrogens is 336 g/mol. The molecule has 0 atom stereocenters. The number of anilines is 2. The van der Waals surface area contributed by atoms with Gasteiger partial charge in [-0.3, -0.25) is 0 Å². The Labute approximate surface area is 160 Å². The van der Waals surface area contributed by atoms with E-state index in [4.69, 9.17) is 4.74 Å². The van der Waals surface area contributed by atoms with Crippen LogP contribution in [0.2, 0.25) is 0 Å². The van der Waals surface area contributed by atoms with Gasteiger partial charge in [-0.25, -0.2) is 0 Å². The maximum Gasteiger partial charge on any atom is 0.233 e. The molecule has 2 aromatic carbocycles. The summed E-state index contributed by atoms with van der Waals surface area (Å²) in [5, 5.41) is 8.59. The molecule has 1 aliphatic heterocycles. The SMILES string of the molecule is Cc1cccc(N2CCN(c3ccc(OCc4ccccc4)nn3)CC2)c1. The quantitative estimate of drug-likeness (QED) is 0.694. The van der Waals surface area contributed by atoms with E-state index in [1.54, 1.807) is 0 Å². The van der Waals surface area contributed by atoms with E-state index < -0.39 is 0 Å². The lowest BCUT2D eigenvalue weighted by atomic mass is 10.2. The van der Waals surface area contributed by atoms with Gasteiger partial charge in [0.05, 0.1) is 0 Å². The van der Waals surface area contributed by atoms with Crippen LogP contribution in [-0.4, -0.2) is 36.4 Å². The van der Waals surface area contributed by atoms with Crippen molar-refractivity contribution in [1.29, 1.82) is 0 Å². The van der Waals surface area contributed by atoms with Gasteiger partial charge < -0.3 is 14.5 Å². The van der Waals surface area contributed by atoms with Crippen LogP contribution in [0.25, 0.3) is 0 Å². The van der Waals surface area contributed by atoms with Crippen LogP contribution >= 0.6 is 0 Å². The predicted octanol–water partition coefficient (Wildman–Crippen LogP) is 3.69. The Morgan fingerprint density at radius 3 is 2.30 bits per heavy atom. The molecular formula is C22H24N4O. The van der Waals surface area contributed by atoms with Gasteiger partial charge in [-0.1, -0.05) is 42.5 Å². The second kappa shape index (κ2) is 8.08. The minimum Gasteiger partial charge on any atom is -0.472 e. The lowest BCUT2D eigenvalue weighted by molar-refractivity contribution is 0.290. The molecule has 0 spiro atoms. The van der Waals surface area contributed by atoms with E-state index in [0.717, 1.165) is 37.6 Å². The van der Waals surface area contributed by atoms with Crippen LogP contribution in [0.4, 0.5) is 11.5 Å². The second-order valence-electron chi connectivity index (χ2n) is 6.82. The first kappa shape index (κ1) is 17.3. The van der Waals surface area contributed by atoms with Crippen LogP contribution in [0.3, 0.4) is 0 Å². The monoisotopic (exact) mass is 360 g/mol. The van der Waals surface area contributed by atoms with Gasteiger partial charge in [-0.2, -0.15) is 0 Å². The highest BCUT2D eigenvalue weighted by atomic mass is 16.5. The van der Waals surface area contributed by atoms with E-state index in [1.807, 2.05) is 42.5 Å². The van der Waals surface area contributed by atoms with Crippen LogP contribution in [0.15, 0.2) is 66.7 Å². The van der Waals surface area contributed by atoms with Gasteiger partial charge in [0, 0.05) is 37.9 Å². The van der Waals surface area contributed by atoms with Crippen molar-refractivity contribution in [2.24, 2.45) is 0 Å². The zero-order chi connectivity index (χ0) is 18.5. The lowest BCUT2D eigenvalue weighted by Crippen LogP contribution is -2.46. The van der Waals surface area contributed by atoms with Gasteiger partial charge in [0.25, 0.3) is 0 Å². The summed E-state index contributed by atoms with van der Waals surface area (Å²) in [5.41, 5.74) is 3.72. The minimum absolute atomic E-state index is 0.504.